The van der Waals surface area contributed by atoms with E-state index < -0.39 is 0 Å². The minimum absolute atomic E-state index is 0.336. The van der Waals surface area contributed by atoms with E-state index in [-0.39, 0.29) is 11.8 Å². The molecule has 0 aromatic heterocycles. The summed E-state index contributed by atoms with van der Waals surface area (Å²) in [5.41, 5.74) is 4.07. The van der Waals surface area contributed by atoms with Gasteiger partial charge < -0.3 is 20.1 Å². The van der Waals surface area contributed by atoms with Gasteiger partial charge in [-0.05, 0) is 47.5 Å². The summed E-state index contributed by atoms with van der Waals surface area (Å²) >= 11 is 0. The maximum Gasteiger partial charge on any atom is 0.259 e. The van der Waals surface area contributed by atoms with Crippen molar-refractivity contribution in [3.63, 3.8) is 0 Å². The first-order valence-corrected chi connectivity index (χ1v) is 13.9. The molecule has 0 aliphatic rings. The lowest BCUT2D eigenvalue weighted by atomic mass is 10.1. The van der Waals surface area contributed by atoms with Gasteiger partial charge in [-0.1, -0.05) is 97.1 Å². The zero-order chi connectivity index (χ0) is 29.0. The molecule has 2 N–H and O–H groups in total. The second-order valence-corrected chi connectivity index (χ2v) is 9.61. The smallest absolute Gasteiger partial charge is 0.259 e. The molecule has 0 radical (unpaired) electrons. The van der Waals surface area contributed by atoms with Crippen molar-refractivity contribution in [2.45, 2.75) is 12.8 Å². The molecule has 6 heteroatoms. The van der Waals surface area contributed by atoms with Crippen LogP contribution in [0.1, 0.15) is 31.8 Å². The van der Waals surface area contributed by atoms with E-state index in [1.165, 1.54) is 0 Å². The lowest BCUT2D eigenvalue weighted by Gasteiger charge is -2.16. The molecule has 0 fully saturated rings. The number of carbonyl (C=O) groups excluding carboxylic acids is 2. The summed E-state index contributed by atoms with van der Waals surface area (Å²) in [6.45, 7) is 0.877. The van der Waals surface area contributed by atoms with Crippen molar-refractivity contribution < 1.29 is 19.1 Å². The highest BCUT2D eigenvalue weighted by Gasteiger charge is 2.17. The largest absolute Gasteiger partial charge is 0.492 e. The molecule has 0 atom stereocenters. The second kappa shape index (κ2) is 14.3. The van der Waals surface area contributed by atoms with Crippen molar-refractivity contribution in [1.29, 1.82) is 0 Å². The third kappa shape index (κ3) is 7.64. The Hall–Kier alpha value is -5.36. The molecule has 5 aromatic rings. The maximum absolute atomic E-state index is 13.3. The number of anilines is 2. The molecule has 0 aliphatic carbocycles. The molecule has 5 aromatic carbocycles. The Kier molecular flexibility index (Phi) is 9.61. The summed E-state index contributed by atoms with van der Waals surface area (Å²) in [6, 6.07) is 41.4. The van der Waals surface area contributed by atoms with Crippen molar-refractivity contribution in [2.75, 3.05) is 23.8 Å². The number of benzene rings is 5. The molecule has 210 valence electrons. The van der Waals surface area contributed by atoms with E-state index in [2.05, 4.69) is 10.6 Å². The molecular weight excluding hydrogens is 524 g/mol. The van der Waals surface area contributed by atoms with Crippen LogP contribution in [0.25, 0.3) is 0 Å². The van der Waals surface area contributed by atoms with Crippen LogP contribution in [0.5, 0.6) is 11.5 Å². The molecule has 0 saturated carbocycles. The summed E-state index contributed by atoms with van der Waals surface area (Å²) < 4.78 is 12.0. The van der Waals surface area contributed by atoms with E-state index in [4.69, 9.17) is 9.47 Å². The van der Waals surface area contributed by atoms with E-state index >= 15 is 0 Å². The van der Waals surface area contributed by atoms with Gasteiger partial charge in [0.25, 0.3) is 11.8 Å². The number of hydrogen-bond donors (Lipinski definition) is 2. The Labute approximate surface area is 245 Å². The second-order valence-electron chi connectivity index (χ2n) is 9.61. The first-order valence-electron chi connectivity index (χ1n) is 13.9. The minimum atomic E-state index is -0.336. The molecule has 5 rings (SSSR count). The topological polar surface area (TPSA) is 76.7 Å². The highest BCUT2D eigenvalue weighted by molar-refractivity contribution is 6.11. The normalized spacial score (nSPS) is 10.5. The van der Waals surface area contributed by atoms with Crippen molar-refractivity contribution in [2.24, 2.45) is 0 Å². The van der Waals surface area contributed by atoms with Crippen molar-refractivity contribution >= 4 is 23.2 Å². The molecule has 0 spiro atoms. The average molecular weight is 557 g/mol. The molecule has 0 saturated heterocycles. The first kappa shape index (κ1) is 28.2. The van der Waals surface area contributed by atoms with Crippen molar-refractivity contribution in [1.82, 2.24) is 0 Å². The van der Waals surface area contributed by atoms with Gasteiger partial charge in [0.2, 0.25) is 0 Å². The molecule has 2 amide bonds. The molecule has 0 aliphatic heterocycles. The van der Waals surface area contributed by atoms with Crippen molar-refractivity contribution in [3.05, 3.63) is 156 Å². The fourth-order valence-electron chi connectivity index (χ4n) is 4.49. The fraction of sp³-hybridized carbons (Fsp3) is 0.111. The number of amides is 2. The Balaban J connectivity index is 1.24. The number of hydrogen-bond acceptors (Lipinski definition) is 4. The molecule has 0 bridgehead atoms. The highest BCUT2D eigenvalue weighted by Crippen LogP contribution is 2.27. The maximum atomic E-state index is 13.3. The summed E-state index contributed by atoms with van der Waals surface area (Å²) in [5.74, 6) is 0.316. The average Bonchev–Trinajstić information content (AvgIpc) is 3.03. The van der Waals surface area contributed by atoms with Crippen molar-refractivity contribution in [3.8, 4) is 11.5 Å². The summed E-state index contributed by atoms with van der Waals surface area (Å²) in [6.07, 6.45) is 1.45. The van der Waals surface area contributed by atoms with E-state index in [0.29, 0.717) is 47.2 Å². The van der Waals surface area contributed by atoms with Gasteiger partial charge in [0.1, 0.15) is 11.5 Å². The monoisotopic (exact) mass is 556 g/mol. The van der Waals surface area contributed by atoms with Gasteiger partial charge in [-0.3, -0.25) is 9.59 Å². The zero-order valence-electron chi connectivity index (χ0n) is 23.2. The molecule has 0 unspecified atom stereocenters. The predicted octanol–water partition coefficient (Wildman–Crippen LogP) is 7.43. The summed E-state index contributed by atoms with van der Waals surface area (Å²) in [7, 11) is 0. The van der Waals surface area contributed by atoms with Gasteiger partial charge in [0.05, 0.1) is 35.7 Å². The van der Waals surface area contributed by atoms with Crippen LogP contribution in [0.3, 0.4) is 0 Å². The van der Waals surface area contributed by atoms with Crippen LogP contribution in [0.15, 0.2) is 133 Å². The van der Waals surface area contributed by atoms with E-state index in [9.17, 15) is 9.59 Å². The highest BCUT2D eigenvalue weighted by atomic mass is 16.5. The third-order valence-corrected chi connectivity index (χ3v) is 6.67. The number of ether oxygens (including phenoxy) is 2. The van der Waals surface area contributed by atoms with Gasteiger partial charge in [-0.25, -0.2) is 0 Å². The quantitative estimate of drug-likeness (QED) is 0.168. The standard InChI is InChI=1S/C36H32N2O4/c39-35(29-17-7-11-21-33(29)41-25-23-27-13-3-1-4-14-27)37-31-19-9-10-20-32(31)38-36(40)30-18-8-12-22-34(30)42-26-24-28-15-5-2-6-16-28/h1-22H,23-26H2,(H,37,39)(H,38,40). The number of para-hydroxylation sites is 4. The third-order valence-electron chi connectivity index (χ3n) is 6.67. The molecule has 42 heavy (non-hydrogen) atoms. The van der Waals surface area contributed by atoms with Gasteiger partial charge >= 0.3 is 0 Å². The van der Waals surface area contributed by atoms with Crippen LogP contribution in [-0.2, 0) is 12.8 Å². The lowest BCUT2D eigenvalue weighted by molar-refractivity contribution is 0.101. The van der Waals surface area contributed by atoms with E-state index in [1.807, 2.05) is 72.8 Å². The van der Waals surface area contributed by atoms with E-state index in [1.54, 1.807) is 60.7 Å². The molecule has 0 heterocycles. The Morgan fingerprint density at radius 1 is 0.452 bits per heavy atom. The SMILES string of the molecule is O=C(Nc1ccccc1NC(=O)c1ccccc1OCCc1ccccc1)c1ccccc1OCCc1ccccc1. The van der Waals surface area contributed by atoms with Crippen LogP contribution in [-0.4, -0.2) is 25.0 Å². The zero-order valence-corrected chi connectivity index (χ0v) is 23.2. The number of rotatable bonds is 12. The first-order chi connectivity index (χ1) is 20.7. The minimum Gasteiger partial charge on any atom is -0.492 e. The lowest BCUT2D eigenvalue weighted by Crippen LogP contribution is -2.18. The van der Waals surface area contributed by atoms with Gasteiger partial charge in [0, 0.05) is 12.8 Å². The van der Waals surface area contributed by atoms with Crippen LogP contribution in [0.2, 0.25) is 0 Å². The fourth-order valence-corrected chi connectivity index (χ4v) is 4.49. The van der Waals surface area contributed by atoms with E-state index in [0.717, 1.165) is 24.0 Å². The predicted molar refractivity (Wildman–Crippen MR) is 167 cm³/mol. The van der Waals surface area contributed by atoms with Crippen LogP contribution >= 0.6 is 0 Å². The summed E-state index contributed by atoms with van der Waals surface area (Å²) in [5, 5.41) is 5.87. The van der Waals surface area contributed by atoms with Crippen LogP contribution in [0, 0.1) is 0 Å². The Bertz CT molecular complexity index is 1500. The van der Waals surface area contributed by atoms with Gasteiger partial charge in [-0.2, -0.15) is 0 Å². The van der Waals surface area contributed by atoms with Crippen LogP contribution < -0.4 is 20.1 Å². The molecule has 6 nitrogen and oxygen atoms in total. The van der Waals surface area contributed by atoms with Gasteiger partial charge in [0.15, 0.2) is 0 Å². The van der Waals surface area contributed by atoms with Gasteiger partial charge in [-0.15, -0.1) is 0 Å². The summed E-state index contributed by atoms with van der Waals surface area (Å²) in [4.78, 5) is 26.7. The Morgan fingerprint density at radius 3 is 1.24 bits per heavy atom. The van der Waals surface area contributed by atoms with Crippen LogP contribution in [0.4, 0.5) is 11.4 Å². The number of carbonyl (C=O) groups is 2. The Morgan fingerprint density at radius 2 is 0.810 bits per heavy atom. The molecular formula is C36H32N2O4. The number of nitrogens with one attached hydrogen (secondary N) is 2.